The van der Waals surface area contributed by atoms with Crippen LogP contribution in [0, 0.1) is 0 Å². The Labute approximate surface area is 416 Å². The largest absolute Gasteiger partial charge is 0.301 e. The van der Waals surface area contributed by atoms with Gasteiger partial charge in [0.05, 0.1) is 28.1 Å². The second-order valence-electron chi connectivity index (χ2n) is 17.6. The monoisotopic (exact) mass is 934 g/mol. The second kappa shape index (κ2) is 19.8. The number of fused-ring (bicyclic) bond motifs is 1. The van der Waals surface area contributed by atoms with Crippen molar-refractivity contribution in [1.29, 1.82) is 0 Å². The van der Waals surface area contributed by atoms with E-state index in [0.29, 0.717) is 11.1 Å². The van der Waals surface area contributed by atoms with E-state index >= 15 is 4.57 Å². The summed E-state index contributed by atoms with van der Waals surface area (Å²) in [5.74, 6) is 0.563. The summed E-state index contributed by atoms with van der Waals surface area (Å²) >= 11 is 0. The lowest BCUT2D eigenvalue weighted by Crippen LogP contribution is -2.26. The molecule has 71 heavy (non-hydrogen) atoms. The van der Waals surface area contributed by atoms with Gasteiger partial charge >= 0.3 is 7.44 Å². The van der Waals surface area contributed by atoms with E-state index in [4.69, 9.17) is 9.97 Å². The maximum absolute atomic E-state index is 16.5. The van der Waals surface area contributed by atoms with Crippen LogP contribution in [0.5, 0.6) is 0 Å². The topological polar surface area (TPSA) is 49.3 Å². The van der Waals surface area contributed by atoms with E-state index in [1.165, 1.54) is 0 Å². The number of anilines is 4. The van der Waals surface area contributed by atoms with Crippen molar-refractivity contribution in [3.63, 3.8) is 0 Å². The van der Waals surface area contributed by atoms with Gasteiger partial charge in [0.2, 0.25) is 0 Å². The quantitative estimate of drug-likeness (QED) is 0.0902. The molecule has 0 atom stereocenters. The molecule has 1 aliphatic rings. The van der Waals surface area contributed by atoms with Crippen LogP contribution in [0.15, 0.2) is 261 Å². The van der Waals surface area contributed by atoms with Crippen LogP contribution < -0.4 is 14.6 Å². The molecular weight excluding hydrogens is 884 g/mol. The fraction of sp³-hybridized carbons (Fsp3) is 0.0462. The van der Waals surface area contributed by atoms with Gasteiger partial charge in [0.25, 0.3) is 0 Å². The van der Waals surface area contributed by atoms with Gasteiger partial charge in [-0.1, -0.05) is 177 Å². The van der Waals surface area contributed by atoms with Crippen molar-refractivity contribution in [3.8, 4) is 67.3 Å². The Morgan fingerprint density at radius 1 is 0.437 bits per heavy atom. The summed E-state index contributed by atoms with van der Waals surface area (Å²) in [5, 5.41) is 0.684. The normalized spacial score (nSPS) is 13.1. The third kappa shape index (κ3) is 8.85. The Morgan fingerprint density at radius 3 is 1.28 bits per heavy atom. The summed E-state index contributed by atoms with van der Waals surface area (Å²) in [6.07, 6.45) is 7.46. The summed E-state index contributed by atoms with van der Waals surface area (Å²) in [6.45, 7) is 4.24. The zero-order valence-corrected chi connectivity index (χ0v) is 40.6. The van der Waals surface area contributed by atoms with Crippen LogP contribution in [-0.2, 0) is 4.57 Å². The predicted molar refractivity (Wildman–Crippen MR) is 299 cm³/mol. The molecule has 0 fully saturated rings. The summed E-state index contributed by atoms with van der Waals surface area (Å²) < 4.78 is 20.5. The van der Waals surface area contributed by atoms with E-state index in [-0.39, 0.29) is 0 Å². The Morgan fingerprint density at radius 2 is 0.831 bits per heavy atom. The fourth-order valence-electron chi connectivity index (χ4n) is 9.63. The van der Waals surface area contributed by atoms with Crippen LogP contribution in [-0.4, -0.2) is 9.97 Å². The zero-order chi connectivity index (χ0) is 48.2. The summed E-state index contributed by atoms with van der Waals surface area (Å²) in [4.78, 5) is 10.9. The SMILES string of the molecule is C/C=C\C(=C/CC)c1cc(-c2ccccc2)cc(-c2cc(-c3cc(-c4ccccc4)cc(-c4ccccc4)c3)nc(-c3ccc(P4(=O)N(c5ccccc5)c5ccccc5N4c4ccccc4)cc3)n2)c1. The van der Waals surface area contributed by atoms with E-state index in [0.717, 1.165) is 102 Å². The molecule has 0 spiro atoms. The number of hydrogen-bond donors (Lipinski definition) is 0. The molecule has 0 aliphatic carbocycles. The van der Waals surface area contributed by atoms with Crippen LogP contribution in [0.4, 0.5) is 22.7 Å². The van der Waals surface area contributed by atoms with Crippen LogP contribution >= 0.6 is 7.44 Å². The Hall–Kier alpha value is -8.63. The van der Waals surface area contributed by atoms with Gasteiger partial charge in [-0.05, 0) is 149 Å². The number of allylic oxidation sites excluding steroid dienone is 4. The molecule has 0 bridgehead atoms. The van der Waals surface area contributed by atoms with Crippen molar-refractivity contribution in [2.24, 2.45) is 0 Å². The minimum absolute atomic E-state index is 0.563. The number of benzene rings is 9. The summed E-state index contributed by atoms with van der Waals surface area (Å²) in [6, 6.07) is 83.5. The van der Waals surface area contributed by atoms with E-state index in [2.05, 4.69) is 178 Å². The maximum Gasteiger partial charge on any atom is 0.301 e. The van der Waals surface area contributed by atoms with Crippen LogP contribution in [0.3, 0.4) is 0 Å². The lowest BCUT2D eigenvalue weighted by atomic mass is 9.93. The van der Waals surface area contributed by atoms with Crippen molar-refractivity contribution in [1.82, 2.24) is 9.97 Å². The molecule has 0 saturated carbocycles. The molecule has 0 N–H and O–H groups in total. The highest BCUT2D eigenvalue weighted by Crippen LogP contribution is 2.69. The molecule has 6 heteroatoms. The number of nitrogens with zero attached hydrogens (tertiary/aromatic N) is 4. The van der Waals surface area contributed by atoms with Gasteiger partial charge in [0.15, 0.2) is 5.82 Å². The first kappa shape index (κ1) is 44.9. The molecule has 10 aromatic rings. The van der Waals surface area contributed by atoms with Gasteiger partial charge in [0, 0.05) is 28.1 Å². The van der Waals surface area contributed by atoms with Gasteiger partial charge in [-0.25, -0.2) is 9.97 Å². The van der Waals surface area contributed by atoms with Gasteiger partial charge in [-0.15, -0.1) is 0 Å². The van der Waals surface area contributed by atoms with Crippen LogP contribution in [0.1, 0.15) is 25.8 Å². The van der Waals surface area contributed by atoms with Crippen molar-refractivity contribution in [2.75, 3.05) is 9.34 Å². The maximum atomic E-state index is 16.5. The van der Waals surface area contributed by atoms with Crippen molar-refractivity contribution >= 4 is 41.1 Å². The molecule has 11 rings (SSSR count). The van der Waals surface area contributed by atoms with Gasteiger partial charge < -0.3 is 0 Å². The third-order valence-corrected chi connectivity index (χ3v) is 15.9. The van der Waals surface area contributed by atoms with Crippen molar-refractivity contribution in [3.05, 3.63) is 266 Å². The number of para-hydroxylation sites is 4. The summed E-state index contributed by atoms with van der Waals surface area (Å²) in [7, 11) is -3.61. The molecule has 0 amide bonds. The van der Waals surface area contributed by atoms with Crippen molar-refractivity contribution < 1.29 is 4.57 Å². The van der Waals surface area contributed by atoms with Crippen LogP contribution in [0.25, 0.3) is 72.9 Å². The van der Waals surface area contributed by atoms with Crippen molar-refractivity contribution in [2.45, 2.75) is 20.3 Å². The van der Waals surface area contributed by atoms with E-state index < -0.39 is 7.44 Å². The highest BCUT2D eigenvalue weighted by molar-refractivity contribution is 7.76. The Balaban J connectivity index is 1.12. The smallest absolute Gasteiger partial charge is 0.270 e. The number of rotatable bonds is 12. The van der Waals surface area contributed by atoms with E-state index in [9.17, 15) is 0 Å². The average Bonchev–Trinajstić information content (AvgIpc) is 3.72. The minimum atomic E-state index is -3.61. The second-order valence-corrected chi connectivity index (χ2v) is 20.0. The number of aromatic nitrogens is 2. The molecular formula is C65H51N4OP. The highest BCUT2D eigenvalue weighted by atomic mass is 31.2. The first-order chi connectivity index (χ1) is 35.0. The minimum Gasteiger partial charge on any atom is -0.270 e. The molecule has 5 nitrogen and oxygen atoms in total. The van der Waals surface area contributed by atoms with Gasteiger partial charge in [0.1, 0.15) is 0 Å². The Kier molecular flexibility index (Phi) is 12.5. The van der Waals surface area contributed by atoms with E-state index in [1.54, 1.807) is 0 Å². The molecule has 2 heterocycles. The highest BCUT2D eigenvalue weighted by Gasteiger charge is 2.48. The Bertz CT molecular complexity index is 3470. The van der Waals surface area contributed by atoms with Gasteiger partial charge in [-0.2, -0.15) is 0 Å². The molecule has 0 saturated heterocycles. The summed E-state index contributed by atoms with van der Waals surface area (Å²) in [5.41, 5.74) is 16.7. The van der Waals surface area contributed by atoms with Crippen LogP contribution in [0.2, 0.25) is 0 Å². The molecule has 9 aromatic carbocycles. The molecule has 0 unspecified atom stereocenters. The van der Waals surface area contributed by atoms with Gasteiger partial charge in [-0.3, -0.25) is 13.9 Å². The first-order valence-corrected chi connectivity index (χ1v) is 25.8. The molecule has 1 aliphatic heterocycles. The molecule has 1 aromatic heterocycles. The third-order valence-electron chi connectivity index (χ3n) is 13.0. The lowest BCUT2D eigenvalue weighted by molar-refractivity contribution is 0.582. The lowest BCUT2D eigenvalue weighted by Gasteiger charge is -2.33. The zero-order valence-electron chi connectivity index (χ0n) is 39.7. The number of hydrogen-bond acceptors (Lipinski definition) is 3. The predicted octanol–water partition coefficient (Wildman–Crippen LogP) is 17.7. The average molecular weight is 935 g/mol. The fourth-order valence-corrected chi connectivity index (χ4v) is 12.6. The molecule has 342 valence electrons. The standard InChI is InChI=1S/C65H51N4OP/c1-3-22-47(23-4-2)52-40-53(48-24-10-5-11-25-48)43-56(42-52)61-46-62(57-44-54(49-26-12-6-13-27-49)41-55(45-57)50-28-14-7-15-29-50)67-65(66-61)51-36-38-60(39-37-51)71(70)68(58-30-16-8-17-31-58)63-34-20-21-35-64(63)69(71)59-32-18-9-19-33-59/h3,5-46H,4H2,1-2H3/b22-3-,47-23+. The van der Waals surface area contributed by atoms with E-state index in [1.807, 2.05) is 106 Å². The first-order valence-electron chi connectivity index (χ1n) is 24.2. The molecule has 0 radical (unpaired) electrons.